The van der Waals surface area contributed by atoms with Gasteiger partial charge >= 0.3 is 17.1 Å². The molecule has 145 valence electrons. The van der Waals surface area contributed by atoms with Gasteiger partial charge in [-0.15, -0.1) is 0 Å². The van der Waals surface area contributed by atoms with Crippen LogP contribution in [0.15, 0.2) is 0 Å². The van der Waals surface area contributed by atoms with Gasteiger partial charge in [-0.1, -0.05) is 0 Å². The topological polar surface area (TPSA) is 268 Å². The summed E-state index contributed by atoms with van der Waals surface area (Å²) in [4.78, 5) is 6.00. The number of hydrogen-bond donors (Lipinski definition) is 2. The van der Waals surface area contributed by atoms with Crippen LogP contribution in [0.25, 0.3) is 63.9 Å². The van der Waals surface area contributed by atoms with E-state index in [2.05, 4.69) is 10.6 Å². The van der Waals surface area contributed by atoms with Crippen molar-refractivity contribution < 1.29 is 27.7 Å². The van der Waals surface area contributed by atoms with Crippen LogP contribution < -0.4 is 10.6 Å². The van der Waals surface area contributed by atoms with E-state index in [-0.39, 0.29) is 17.1 Å². The van der Waals surface area contributed by atoms with Crippen LogP contribution in [0.3, 0.4) is 0 Å². The Bertz CT molecular complexity index is 271. The van der Waals surface area contributed by atoms with Gasteiger partial charge in [-0.2, -0.15) is 0 Å². The standard InChI is InChI=1S/2C5H11N.Cu.4N3/c2*1-2-4-6-5-3-1;;4*1-3-2/h2*6H,1-5H2;;;;;/q;;+2;4*-1/p+2. The zero-order valence-electron chi connectivity index (χ0n) is 13.9. The maximum atomic E-state index is 6.75. The Balaban J connectivity index is -0.0000000663. The molecule has 0 spiro atoms. The Labute approximate surface area is 156 Å². The predicted octanol–water partition coefficient (Wildman–Crippen LogP) is 2.93. The molecule has 2 heterocycles. The summed E-state index contributed by atoms with van der Waals surface area (Å²) in [5.41, 5.74) is 54.0. The van der Waals surface area contributed by atoms with Gasteiger partial charge in [0.1, 0.15) is 0 Å². The summed E-state index contributed by atoms with van der Waals surface area (Å²) in [5, 5.41) is 4.78. The minimum absolute atomic E-state index is 0. The molecular formula is C10H24CuN14. The Hall–Kier alpha value is -2.32. The third-order valence-corrected chi connectivity index (χ3v) is 2.63. The van der Waals surface area contributed by atoms with Crippen LogP contribution in [-0.2, 0) is 17.1 Å². The van der Waals surface area contributed by atoms with Gasteiger partial charge in [-0.3, -0.25) is 19.6 Å². The molecule has 2 aliphatic rings. The molecule has 0 saturated carbocycles. The second-order valence-electron chi connectivity index (χ2n) is 4.21. The predicted molar refractivity (Wildman–Crippen MR) is 91.3 cm³/mol. The average Bonchev–Trinajstić information content (AvgIpc) is 2.61. The van der Waals surface area contributed by atoms with E-state index in [4.69, 9.17) is 44.2 Å². The summed E-state index contributed by atoms with van der Waals surface area (Å²) in [6.07, 6.45) is 8.72. The molecular weight excluding hydrogens is 380 g/mol. The van der Waals surface area contributed by atoms with E-state index in [1.165, 1.54) is 84.4 Å². The quantitative estimate of drug-likeness (QED) is 0.255. The fourth-order valence-corrected chi connectivity index (χ4v) is 1.80. The summed E-state index contributed by atoms with van der Waals surface area (Å²) in [6.45, 7) is 5.50. The molecule has 2 rings (SSSR count). The summed E-state index contributed by atoms with van der Waals surface area (Å²) < 4.78 is 0. The van der Waals surface area contributed by atoms with Gasteiger partial charge in [0.05, 0.1) is 26.2 Å². The van der Waals surface area contributed by atoms with Gasteiger partial charge in [0.25, 0.3) is 0 Å². The van der Waals surface area contributed by atoms with Crippen molar-refractivity contribution in [3.05, 3.63) is 63.9 Å². The average molecular weight is 404 g/mol. The third kappa shape index (κ3) is 89.6. The molecule has 2 aliphatic heterocycles. The fourth-order valence-electron chi connectivity index (χ4n) is 1.80. The molecule has 1 radical (unpaired) electrons. The maximum absolute atomic E-state index is 6.75. The molecule has 0 aromatic rings. The van der Waals surface area contributed by atoms with Crippen molar-refractivity contribution in [2.45, 2.75) is 38.5 Å². The molecule has 0 unspecified atom stereocenters. The first-order valence-electron chi connectivity index (χ1n) is 7.23. The zero-order valence-corrected chi connectivity index (χ0v) is 14.8. The van der Waals surface area contributed by atoms with E-state index >= 15 is 0 Å². The molecule has 0 amide bonds. The molecule has 0 aromatic carbocycles. The Morgan fingerprint density at radius 1 is 0.400 bits per heavy atom. The SMILES string of the molecule is C1CC[NH2+]CC1.C1CC[NH2+]CC1.[Cu+2].[N-]=[N+]=[N-].[N-]=[N+]=[N-].[N-]=[N+]=[N-].[N-]=[N+]=[N-]. The molecule has 0 bridgehead atoms. The van der Waals surface area contributed by atoms with Crippen LogP contribution in [0.5, 0.6) is 0 Å². The van der Waals surface area contributed by atoms with Crippen molar-refractivity contribution >= 4 is 0 Å². The Morgan fingerprint density at radius 2 is 0.560 bits per heavy atom. The summed E-state index contributed by atoms with van der Waals surface area (Å²) in [6, 6.07) is 0. The maximum Gasteiger partial charge on any atom is 2.00 e. The van der Waals surface area contributed by atoms with E-state index in [1.54, 1.807) is 0 Å². The van der Waals surface area contributed by atoms with Gasteiger partial charge in [0.2, 0.25) is 0 Å². The number of quaternary nitrogens is 2. The van der Waals surface area contributed by atoms with Gasteiger partial charge < -0.3 is 54.9 Å². The van der Waals surface area contributed by atoms with Crippen LogP contribution in [-0.4, -0.2) is 26.2 Å². The molecule has 14 nitrogen and oxygen atoms in total. The molecule has 2 saturated heterocycles. The van der Waals surface area contributed by atoms with Gasteiger partial charge in [-0.25, -0.2) is 0 Å². The van der Waals surface area contributed by atoms with Crippen LogP contribution in [0.4, 0.5) is 0 Å². The largest absolute Gasteiger partial charge is 2.00 e. The summed E-state index contributed by atoms with van der Waals surface area (Å²) in [7, 11) is 0. The molecule has 2 fully saturated rings. The number of rotatable bonds is 0. The molecule has 15 heteroatoms. The van der Waals surface area contributed by atoms with Gasteiger partial charge in [0.15, 0.2) is 0 Å². The molecule has 0 aromatic heterocycles. The van der Waals surface area contributed by atoms with Crippen molar-refractivity contribution in [2.24, 2.45) is 0 Å². The first-order valence-corrected chi connectivity index (χ1v) is 7.23. The van der Waals surface area contributed by atoms with Crippen molar-refractivity contribution in [1.29, 1.82) is 0 Å². The van der Waals surface area contributed by atoms with Crippen molar-refractivity contribution in [2.75, 3.05) is 26.2 Å². The van der Waals surface area contributed by atoms with E-state index in [0.29, 0.717) is 0 Å². The molecule has 0 aliphatic carbocycles. The van der Waals surface area contributed by atoms with E-state index in [0.717, 1.165) is 0 Å². The second kappa shape index (κ2) is 49.5. The van der Waals surface area contributed by atoms with Crippen LogP contribution in [0.2, 0.25) is 0 Å². The van der Waals surface area contributed by atoms with Gasteiger partial charge in [0, 0.05) is 0 Å². The van der Waals surface area contributed by atoms with Crippen LogP contribution >= 0.6 is 0 Å². The van der Waals surface area contributed by atoms with E-state index in [9.17, 15) is 0 Å². The minimum atomic E-state index is 0. The first kappa shape index (κ1) is 34.1. The van der Waals surface area contributed by atoms with Crippen molar-refractivity contribution in [3.8, 4) is 0 Å². The molecule has 25 heavy (non-hydrogen) atoms. The van der Waals surface area contributed by atoms with Crippen molar-refractivity contribution in [1.82, 2.24) is 0 Å². The van der Waals surface area contributed by atoms with E-state index in [1.807, 2.05) is 0 Å². The van der Waals surface area contributed by atoms with E-state index < -0.39 is 0 Å². The van der Waals surface area contributed by atoms with Crippen LogP contribution in [0.1, 0.15) is 38.5 Å². The zero-order chi connectivity index (χ0) is 19.3. The van der Waals surface area contributed by atoms with Crippen LogP contribution in [0, 0.1) is 0 Å². The normalized spacial score (nSPS) is 12.8. The number of nitrogens with two attached hydrogens (primary N) is 2. The van der Waals surface area contributed by atoms with Gasteiger partial charge in [-0.05, 0) is 38.5 Å². The minimum Gasteiger partial charge on any atom is -0.373 e. The molecule has 4 N–H and O–H groups in total. The fraction of sp³-hybridized carbons (Fsp3) is 1.00. The monoisotopic (exact) mass is 403 g/mol. The summed E-state index contributed by atoms with van der Waals surface area (Å²) in [5.74, 6) is 0. The second-order valence-corrected chi connectivity index (χ2v) is 4.21. The third-order valence-electron chi connectivity index (χ3n) is 2.63. The first-order chi connectivity index (χ1) is 11.7. The molecule has 0 atom stereocenters. The number of piperidine rings is 2. The Kier molecular flexibility index (Phi) is 67.6. The Morgan fingerprint density at radius 3 is 0.600 bits per heavy atom. The number of nitrogens with zero attached hydrogens (tertiary/aromatic N) is 12. The van der Waals surface area contributed by atoms with Crippen molar-refractivity contribution in [3.63, 3.8) is 0 Å². The smallest absolute Gasteiger partial charge is 0.373 e. The summed E-state index contributed by atoms with van der Waals surface area (Å²) >= 11 is 0. The number of hydrogen-bond acceptors (Lipinski definition) is 0.